The van der Waals surface area contributed by atoms with Gasteiger partial charge in [-0.3, -0.25) is 0 Å². The fourth-order valence-corrected chi connectivity index (χ4v) is 1.31. The van der Waals surface area contributed by atoms with Crippen LogP contribution in [0.1, 0.15) is 11.7 Å². The van der Waals surface area contributed by atoms with Gasteiger partial charge < -0.3 is 15.3 Å². The zero-order chi connectivity index (χ0) is 10.9. The first-order chi connectivity index (χ1) is 6.34. The quantitative estimate of drug-likeness (QED) is 0.678. The minimum Gasteiger partial charge on any atom is -0.507 e. The lowest BCUT2D eigenvalue weighted by atomic mass is 10.1. The first-order valence-electron chi connectivity index (χ1n) is 3.59. The van der Waals surface area contributed by atoms with Gasteiger partial charge in [-0.25, -0.2) is 0 Å². The molecule has 0 heterocycles. The van der Waals surface area contributed by atoms with E-state index in [9.17, 15) is 15.3 Å². The highest BCUT2D eigenvalue weighted by Gasteiger charge is 2.35. The normalized spacial score (nSPS) is 14.0. The van der Waals surface area contributed by atoms with Gasteiger partial charge in [0.1, 0.15) is 17.6 Å². The van der Waals surface area contributed by atoms with Crippen molar-refractivity contribution in [2.24, 2.45) is 0 Å². The van der Waals surface area contributed by atoms with Crippen LogP contribution in [0, 0.1) is 0 Å². The zero-order valence-corrected chi connectivity index (χ0v) is 9.05. The zero-order valence-electron chi connectivity index (χ0n) is 6.78. The van der Waals surface area contributed by atoms with E-state index in [4.69, 9.17) is 34.8 Å². The van der Waals surface area contributed by atoms with Gasteiger partial charge in [-0.05, 0) is 12.1 Å². The summed E-state index contributed by atoms with van der Waals surface area (Å²) in [5, 5.41) is 28.2. The fraction of sp³-hybridized carbons (Fsp3) is 0.250. The monoisotopic (exact) mass is 256 g/mol. The topological polar surface area (TPSA) is 60.7 Å². The predicted molar refractivity (Wildman–Crippen MR) is 55.0 cm³/mol. The highest BCUT2D eigenvalue weighted by molar-refractivity contribution is 6.68. The number of phenolic OH excluding ortho intramolecular Hbond substituents is 2. The molecule has 0 aromatic heterocycles. The smallest absolute Gasteiger partial charge is 0.220 e. The highest BCUT2D eigenvalue weighted by Crippen LogP contribution is 2.45. The molecular weight excluding hydrogens is 250 g/mol. The van der Waals surface area contributed by atoms with Crippen LogP contribution in [-0.2, 0) is 0 Å². The van der Waals surface area contributed by atoms with Gasteiger partial charge in [-0.1, -0.05) is 40.9 Å². The lowest BCUT2D eigenvalue weighted by Gasteiger charge is -2.20. The minimum absolute atomic E-state index is 0.201. The molecule has 0 fully saturated rings. The molecule has 6 heteroatoms. The Balaban J connectivity index is 3.19. The molecule has 0 saturated heterocycles. The van der Waals surface area contributed by atoms with Gasteiger partial charge in [0, 0.05) is 0 Å². The Morgan fingerprint density at radius 2 is 1.50 bits per heavy atom. The number of hydrogen-bond acceptors (Lipinski definition) is 3. The van der Waals surface area contributed by atoms with Crippen LogP contribution in [0.25, 0.3) is 0 Å². The molecule has 0 saturated carbocycles. The summed E-state index contributed by atoms with van der Waals surface area (Å²) >= 11 is 16.3. The number of halogens is 3. The molecule has 3 nitrogen and oxygen atoms in total. The molecule has 1 aromatic rings. The maximum atomic E-state index is 9.50. The van der Waals surface area contributed by atoms with E-state index < -0.39 is 9.90 Å². The molecule has 14 heavy (non-hydrogen) atoms. The minimum atomic E-state index is -2.00. The third-order valence-electron chi connectivity index (χ3n) is 1.64. The van der Waals surface area contributed by atoms with Crippen LogP contribution in [0.5, 0.6) is 11.5 Å². The van der Waals surface area contributed by atoms with Crippen LogP contribution in [0.2, 0.25) is 0 Å². The van der Waals surface area contributed by atoms with E-state index in [1.807, 2.05) is 0 Å². The molecule has 0 aliphatic rings. The number of aliphatic hydroxyl groups is 1. The number of aliphatic hydroxyl groups excluding tert-OH is 1. The van der Waals surface area contributed by atoms with Gasteiger partial charge in [-0.2, -0.15) is 0 Å². The molecule has 1 atom stereocenters. The van der Waals surface area contributed by atoms with Crippen LogP contribution in [-0.4, -0.2) is 19.1 Å². The third kappa shape index (κ3) is 2.36. The van der Waals surface area contributed by atoms with Crippen molar-refractivity contribution in [3.8, 4) is 11.5 Å². The molecule has 0 amide bonds. The largest absolute Gasteiger partial charge is 0.507 e. The van der Waals surface area contributed by atoms with Crippen LogP contribution in [0.3, 0.4) is 0 Å². The molecule has 1 rings (SSSR count). The van der Waals surface area contributed by atoms with Crippen molar-refractivity contribution < 1.29 is 15.3 Å². The van der Waals surface area contributed by atoms with Crippen molar-refractivity contribution >= 4 is 34.8 Å². The Morgan fingerprint density at radius 3 is 1.86 bits per heavy atom. The van der Waals surface area contributed by atoms with Gasteiger partial charge >= 0.3 is 0 Å². The van der Waals surface area contributed by atoms with Crippen molar-refractivity contribution in [1.82, 2.24) is 0 Å². The van der Waals surface area contributed by atoms with Crippen LogP contribution in [0.4, 0.5) is 0 Å². The molecule has 0 spiro atoms. The van der Waals surface area contributed by atoms with Crippen molar-refractivity contribution in [3.05, 3.63) is 23.8 Å². The summed E-state index contributed by atoms with van der Waals surface area (Å²) in [6, 6.07) is 3.95. The summed E-state index contributed by atoms with van der Waals surface area (Å²) in [6.45, 7) is 0. The molecular formula is C8H7Cl3O3. The number of phenols is 2. The SMILES string of the molecule is Oc1cccc(O)c1C(O)C(Cl)(Cl)Cl. The third-order valence-corrected chi connectivity index (χ3v) is 2.26. The second-order valence-corrected chi connectivity index (χ2v) is 5.02. The summed E-state index contributed by atoms with van der Waals surface area (Å²) in [6.07, 6.45) is -1.59. The summed E-state index contributed by atoms with van der Waals surface area (Å²) in [7, 11) is 0. The van der Waals surface area contributed by atoms with Gasteiger partial charge in [0.05, 0.1) is 5.56 Å². The molecule has 1 unspecified atom stereocenters. The lowest BCUT2D eigenvalue weighted by Crippen LogP contribution is -2.16. The Labute approximate surface area is 95.5 Å². The van der Waals surface area contributed by atoms with E-state index in [1.54, 1.807) is 0 Å². The first-order valence-corrected chi connectivity index (χ1v) is 4.73. The number of hydrogen-bond donors (Lipinski definition) is 3. The van der Waals surface area contributed by atoms with E-state index >= 15 is 0 Å². The van der Waals surface area contributed by atoms with E-state index in [0.717, 1.165) is 0 Å². The van der Waals surface area contributed by atoms with E-state index in [0.29, 0.717) is 0 Å². The summed E-state index contributed by atoms with van der Waals surface area (Å²) in [5.74, 6) is -0.660. The van der Waals surface area contributed by atoms with Crippen molar-refractivity contribution in [2.45, 2.75) is 9.90 Å². The molecule has 0 radical (unpaired) electrons. The molecule has 3 N–H and O–H groups in total. The number of aromatic hydroxyl groups is 2. The van der Waals surface area contributed by atoms with E-state index in [-0.39, 0.29) is 17.1 Å². The average Bonchev–Trinajstić information content (AvgIpc) is 2.01. The van der Waals surface area contributed by atoms with Crippen LogP contribution < -0.4 is 0 Å². The maximum absolute atomic E-state index is 9.50. The van der Waals surface area contributed by atoms with E-state index in [2.05, 4.69) is 0 Å². The molecule has 78 valence electrons. The molecule has 0 aliphatic heterocycles. The molecule has 1 aromatic carbocycles. The van der Waals surface area contributed by atoms with Crippen molar-refractivity contribution in [2.75, 3.05) is 0 Å². The summed E-state index contributed by atoms with van der Waals surface area (Å²) in [4.78, 5) is 0. The molecule has 0 bridgehead atoms. The van der Waals surface area contributed by atoms with Crippen LogP contribution >= 0.6 is 34.8 Å². The number of rotatable bonds is 1. The molecule has 0 aliphatic carbocycles. The standard InChI is InChI=1S/C8H7Cl3O3/c9-8(10,11)7(14)6-4(12)2-1-3-5(6)13/h1-3,7,12-14H. The lowest BCUT2D eigenvalue weighted by molar-refractivity contribution is 0.174. The Bertz CT molecular complexity index is 315. The second kappa shape index (κ2) is 4.03. The highest BCUT2D eigenvalue weighted by atomic mass is 35.6. The van der Waals surface area contributed by atoms with Crippen molar-refractivity contribution in [3.63, 3.8) is 0 Å². The van der Waals surface area contributed by atoms with Gasteiger partial charge in [0.2, 0.25) is 3.79 Å². The maximum Gasteiger partial charge on any atom is 0.220 e. The van der Waals surface area contributed by atoms with Gasteiger partial charge in [-0.15, -0.1) is 0 Å². The number of benzene rings is 1. The summed E-state index contributed by atoms with van der Waals surface area (Å²) < 4.78 is -2.00. The Kier molecular flexibility index (Phi) is 3.37. The van der Waals surface area contributed by atoms with Crippen molar-refractivity contribution in [1.29, 1.82) is 0 Å². The summed E-state index contributed by atoms with van der Waals surface area (Å²) in [5.41, 5.74) is -0.201. The van der Waals surface area contributed by atoms with Gasteiger partial charge in [0.15, 0.2) is 0 Å². The Morgan fingerprint density at radius 1 is 1.07 bits per heavy atom. The fourth-order valence-electron chi connectivity index (χ4n) is 0.985. The first kappa shape index (κ1) is 11.7. The van der Waals surface area contributed by atoms with Gasteiger partial charge in [0.25, 0.3) is 0 Å². The Hall–Kier alpha value is -0.350. The number of alkyl halides is 3. The predicted octanol–water partition coefficient (Wildman–Crippen LogP) is 2.50. The average molecular weight is 258 g/mol. The van der Waals surface area contributed by atoms with Crippen LogP contribution in [0.15, 0.2) is 18.2 Å². The van der Waals surface area contributed by atoms with E-state index in [1.165, 1.54) is 18.2 Å². The second-order valence-electron chi connectivity index (χ2n) is 2.65.